The third-order valence-corrected chi connectivity index (χ3v) is 9.79. The van der Waals surface area contributed by atoms with Crippen LogP contribution in [0.3, 0.4) is 0 Å². The molecule has 0 heterocycles. The van der Waals surface area contributed by atoms with Crippen LogP contribution >= 0.6 is 23.2 Å². The topological polar surface area (TPSA) is 40.5 Å². The molecule has 0 saturated heterocycles. The summed E-state index contributed by atoms with van der Waals surface area (Å²) < 4.78 is 0. The first-order valence-corrected chi connectivity index (χ1v) is 16.9. The molecular weight excluding hydrogens is 631 g/mol. The number of phenols is 2. The van der Waals surface area contributed by atoms with E-state index in [2.05, 4.69) is 72.8 Å². The molecule has 6 aromatic carbocycles. The molecule has 0 amide bonds. The molecule has 0 bridgehead atoms. The van der Waals surface area contributed by atoms with E-state index in [0.717, 1.165) is 58.0 Å². The Morgan fingerprint density at radius 3 is 1.25 bits per heavy atom. The van der Waals surface area contributed by atoms with Crippen LogP contribution in [0.25, 0.3) is 23.3 Å². The van der Waals surface area contributed by atoms with Gasteiger partial charge in [-0.2, -0.15) is 0 Å². The number of halogens is 2. The van der Waals surface area contributed by atoms with Crippen LogP contribution in [-0.4, -0.2) is 10.2 Å². The molecule has 0 radical (unpaired) electrons. The Balaban J connectivity index is 0.000000152. The largest absolute Gasteiger partial charge is 0.508 e. The van der Waals surface area contributed by atoms with E-state index in [0.29, 0.717) is 0 Å². The Hall–Kier alpha value is -5.02. The van der Waals surface area contributed by atoms with Crippen molar-refractivity contribution in [2.24, 2.45) is 0 Å². The maximum Gasteiger partial charge on any atom is 0.116 e. The van der Waals surface area contributed by atoms with Crippen LogP contribution in [0, 0.1) is 0 Å². The lowest BCUT2D eigenvalue weighted by atomic mass is 9.92. The highest BCUT2D eigenvalue weighted by atomic mass is 35.5. The lowest BCUT2D eigenvalue weighted by Crippen LogP contribution is -1.93. The van der Waals surface area contributed by atoms with Gasteiger partial charge in [0, 0.05) is 10.0 Å². The van der Waals surface area contributed by atoms with Crippen molar-refractivity contribution in [3.8, 4) is 11.5 Å². The monoisotopic (exact) mass is 664 g/mol. The smallest absolute Gasteiger partial charge is 0.116 e. The van der Waals surface area contributed by atoms with Crippen molar-refractivity contribution in [1.82, 2.24) is 0 Å². The van der Waals surface area contributed by atoms with Crippen LogP contribution in [-0.2, 0) is 25.7 Å². The quantitative estimate of drug-likeness (QED) is 0.193. The zero-order valence-corrected chi connectivity index (χ0v) is 27.8. The minimum Gasteiger partial charge on any atom is -0.508 e. The van der Waals surface area contributed by atoms with E-state index in [4.69, 9.17) is 23.2 Å². The van der Waals surface area contributed by atoms with Crippen molar-refractivity contribution in [2.75, 3.05) is 0 Å². The normalized spacial score (nSPS) is 14.8. The Morgan fingerprint density at radius 1 is 0.417 bits per heavy atom. The highest BCUT2D eigenvalue weighted by Crippen LogP contribution is 2.39. The van der Waals surface area contributed by atoms with Gasteiger partial charge in [-0.05, 0) is 141 Å². The molecular formula is C44H34Cl2O2. The zero-order chi connectivity index (χ0) is 33.0. The Morgan fingerprint density at radius 2 is 0.812 bits per heavy atom. The minimum atomic E-state index is 0.276. The van der Waals surface area contributed by atoms with E-state index < -0.39 is 0 Å². The molecule has 0 spiro atoms. The van der Waals surface area contributed by atoms with Crippen LogP contribution in [0.5, 0.6) is 11.5 Å². The fraction of sp³-hybridized carbons (Fsp3) is 0.0909. The molecule has 6 aromatic rings. The first-order valence-electron chi connectivity index (χ1n) is 16.2. The lowest BCUT2D eigenvalue weighted by molar-refractivity contribution is 0.474. The van der Waals surface area contributed by atoms with E-state index in [1.54, 1.807) is 24.3 Å². The number of hydrogen-bond donors (Lipinski definition) is 2. The summed E-state index contributed by atoms with van der Waals surface area (Å²) >= 11 is 13.0. The standard InChI is InChI=1S/2C22H17ClO/c2*23-22-10-4-9-19-20(22)12-11-16-6-1-2-8-18(16)21(19)14-15-5-3-7-17(24)13-15/h2*1-10,13-14,24H,11-12H2/b21-14+;21-14-. The van der Waals surface area contributed by atoms with E-state index in [1.807, 2.05) is 48.5 Å². The zero-order valence-electron chi connectivity index (χ0n) is 26.3. The fourth-order valence-electron chi connectivity index (χ4n) is 6.82. The molecule has 0 saturated carbocycles. The number of fused-ring (bicyclic) bond motifs is 4. The SMILES string of the molecule is Oc1cccc(/C=C2/c3ccccc3CCc3c(Cl)cccc32)c1.Oc1cccc(/C=C2\c3ccccc3CCc3c(Cl)cccc32)c1. The molecule has 0 atom stereocenters. The molecule has 2 aliphatic carbocycles. The van der Waals surface area contributed by atoms with Crippen molar-refractivity contribution in [2.45, 2.75) is 25.7 Å². The van der Waals surface area contributed by atoms with Crippen LogP contribution in [0.4, 0.5) is 0 Å². The molecule has 0 unspecified atom stereocenters. The van der Waals surface area contributed by atoms with Crippen molar-refractivity contribution in [3.05, 3.63) is 199 Å². The van der Waals surface area contributed by atoms with E-state index >= 15 is 0 Å². The van der Waals surface area contributed by atoms with Crippen molar-refractivity contribution in [1.29, 1.82) is 0 Å². The van der Waals surface area contributed by atoms with Crippen LogP contribution < -0.4 is 0 Å². The van der Waals surface area contributed by atoms with E-state index in [1.165, 1.54) is 44.5 Å². The first-order chi connectivity index (χ1) is 23.4. The molecule has 2 N–H and O–H groups in total. The molecule has 8 rings (SSSR count). The first kappa shape index (κ1) is 31.6. The number of hydrogen-bond acceptors (Lipinski definition) is 2. The number of rotatable bonds is 2. The number of phenolic OH excluding ortho intramolecular Hbond substituents is 2. The summed E-state index contributed by atoms with van der Waals surface area (Å²) in [6, 6.07) is 43.9. The number of benzene rings is 6. The molecule has 0 aliphatic heterocycles. The van der Waals surface area contributed by atoms with E-state index in [9.17, 15) is 10.2 Å². The summed E-state index contributed by atoms with van der Waals surface area (Å²) in [6.07, 6.45) is 8.10. The van der Waals surface area contributed by atoms with Gasteiger partial charge in [-0.25, -0.2) is 0 Å². The van der Waals surface area contributed by atoms with Crippen molar-refractivity contribution < 1.29 is 10.2 Å². The van der Waals surface area contributed by atoms with Gasteiger partial charge >= 0.3 is 0 Å². The summed E-state index contributed by atoms with van der Waals surface area (Å²) in [5, 5.41) is 21.2. The van der Waals surface area contributed by atoms with Crippen LogP contribution in [0.2, 0.25) is 10.0 Å². The van der Waals surface area contributed by atoms with Crippen LogP contribution in [0.1, 0.15) is 55.6 Å². The van der Waals surface area contributed by atoms with Gasteiger partial charge in [-0.15, -0.1) is 0 Å². The van der Waals surface area contributed by atoms with Gasteiger partial charge in [0.15, 0.2) is 0 Å². The van der Waals surface area contributed by atoms with Gasteiger partial charge in [-0.1, -0.05) is 120 Å². The third-order valence-electron chi connectivity index (χ3n) is 9.08. The maximum atomic E-state index is 9.78. The fourth-order valence-corrected chi connectivity index (χ4v) is 7.35. The maximum absolute atomic E-state index is 9.78. The second-order valence-corrected chi connectivity index (χ2v) is 13.0. The van der Waals surface area contributed by atoms with Gasteiger partial charge in [0.2, 0.25) is 0 Å². The molecule has 0 fully saturated rings. The predicted octanol–water partition coefficient (Wildman–Crippen LogP) is 11.5. The third kappa shape index (κ3) is 6.69. The van der Waals surface area contributed by atoms with E-state index in [-0.39, 0.29) is 11.5 Å². The Bertz CT molecular complexity index is 2040. The van der Waals surface area contributed by atoms with Gasteiger partial charge < -0.3 is 10.2 Å². The minimum absolute atomic E-state index is 0.276. The van der Waals surface area contributed by atoms with Gasteiger partial charge in [0.05, 0.1) is 0 Å². The molecule has 2 nitrogen and oxygen atoms in total. The van der Waals surface area contributed by atoms with Gasteiger partial charge in [-0.3, -0.25) is 0 Å². The summed E-state index contributed by atoms with van der Waals surface area (Å²) in [5.74, 6) is 0.551. The average molecular weight is 666 g/mol. The Labute approximate surface area is 291 Å². The molecule has 2 aliphatic rings. The van der Waals surface area contributed by atoms with Crippen molar-refractivity contribution in [3.63, 3.8) is 0 Å². The molecule has 236 valence electrons. The van der Waals surface area contributed by atoms with Crippen molar-refractivity contribution >= 4 is 46.5 Å². The van der Waals surface area contributed by atoms with Gasteiger partial charge in [0.1, 0.15) is 11.5 Å². The lowest BCUT2D eigenvalue weighted by Gasteiger charge is -2.13. The summed E-state index contributed by atoms with van der Waals surface area (Å²) in [7, 11) is 0. The number of aryl methyl sites for hydroxylation is 2. The Kier molecular flexibility index (Phi) is 9.20. The average Bonchev–Trinajstić information content (AvgIpc) is 3.35. The highest BCUT2D eigenvalue weighted by molar-refractivity contribution is 6.32. The predicted molar refractivity (Wildman–Crippen MR) is 201 cm³/mol. The molecule has 4 heteroatoms. The summed E-state index contributed by atoms with van der Waals surface area (Å²) in [6.45, 7) is 0. The summed E-state index contributed by atoms with van der Waals surface area (Å²) in [5.41, 5.74) is 14.2. The second-order valence-electron chi connectivity index (χ2n) is 12.2. The highest BCUT2D eigenvalue weighted by Gasteiger charge is 2.21. The molecule has 48 heavy (non-hydrogen) atoms. The second kappa shape index (κ2) is 14.0. The van der Waals surface area contributed by atoms with Crippen LogP contribution in [0.15, 0.2) is 133 Å². The molecule has 0 aromatic heterocycles. The summed E-state index contributed by atoms with van der Waals surface area (Å²) in [4.78, 5) is 0. The van der Waals surface area contributed by atoms with Gasteiger partial charge in [0.25, 0.3) is 0 Å². The number of aromatic hydroxyl groups is 2.